The number of fused-ring (bicyclic) bond motifs is 2. The third kappa shape index (κ3) is 2.65. The van der Waals surface area contributed by atoms with Crippen LogP contribution in [0.5, 0.6) is 0 Å². The minimum atomic E-state index is 0.868. The van der Waals surface area contributed by atoms with Crippen LogP contribution in [-0.2, 0) is 0 Å². The number of aryl methyl sites for hydroxylation is 2. The lowest BCUT2D eigenvalue weighted by atomic mass is 9.93. The van der Waals surface area contributed by atoms with E-state index >= 15 is 0 Å². The van der Waals surface area contributed by atoms with E-state index in [0.29, 0.717) is 0 Å². The van der Waals surface area contributed by atoms with Gasteiger partial charge in [0.05, 0.1) is 11.4 Å². The summed E-state index contributed by atoms with van der Waals surface area (Å²) < 4.78 is 0. The number of aromatic nitrogens is 2. The molecule has 3 aliphatic rings. The van der Waals surface area contributed by atoms with Gasteiger partial charge in [0.2, 0.25) is 0 Å². The van der Waals surface area contributed by atoms with Crippen LogP contribution in [0.15, 0.2) is 18.3 Å². The van der Waals surface area contributed by atoms with Crippen molar-refractivity contribution in [1.29, 1.82) is 0 Å². The van der Waals surface area contributed by atoms with E-state index in [-0.39, 0.29) is 0 Å². The zero-order valence-corrected chi connectivity index (χ0v) is 13.7. The summed E-state index contributed by atoms with van der Waals surface area (Å²) in [4.78, 5) is 14.2. The normalized spacial score (nSPS) is 31.2. The van der Waals surface area contributed by atoms with Gasteiger partial charge in [0.15, 0.2) is 0 Å². The monoisotopic (exact) mass is 298 g/mol. The molecule has 4 heteroatoms. The molecule has 2 aliphatic carbocycles. The fourth-order valence-electron chi connectivity index (χ4n) is 4.40. The predicted molar refractivity (Wildman–Crippen MR) is 89.0 cm³/mol. The summed E-state index contributed by atoms with van der Waals surface area (Å²) in [7, 11) is 0. The lowest BCUT2D eigenvalue weighted by molar-refractivity contribution is 0.204. The number of allylic oxidation sites excluding steroid dienone is 2. The van der Waals surface area contributed by atoms with Crippen molar-refractivity contribution in [3.63, 3.8) is 0 Å². The Morgan fingerprint density at radius 2 is 1.91 bits per heavy atom. The molecule has 0 spiro atoms. The van der Waals surface area contributed by atoms with E-state index in [1.54, 1.807) is 0 Å². The first kappa shape index (κ1) is 14.2. The van der Waals surface area contributed by atoms with Gasteiger partial charge >= 0.3 is 0 Å². The van der Waals surface area contributed by atoms with E-state index in [9.17, 15) is 0 Å². The van der Waals surface area contributed by atoms with Crippen molar-refractivity contribution in [2.45, 2.75) is 26.7 Å². The number of piperazine rings is 1. The smallest absolute Gasteiger partial charge is 0.150 e. The maximum atomic E-state index is 4.69. The molecule has 0 aromatic carbocycles. The van der Waals surface area contributed by atoms with Crippen LogP contribution in [0.4, 0.5) is 5.82 Å². The van der Waals surface area contributed by atoms with Crippen molar-refractivity contribution in [2.75, 3.05) is 37.6 Å². The molecule has 3 unspecified atom stereocenters. The molecule has 1 saturated carbocycles. The lowest BCUT2D eigenvalue weighted by Crippen LogP contribution is -2.48. The highest BCUT2D eigenvalue weighted by Gasteiger charge is 2.36. The largest absolute Gasteiger partial charge is 0.353 e. The Morgan fingerprint density at radius 1 is 1.09 bits per heavy atom. The minimum Gasteiger partial charge on any atom is -0.353 e. The summed E-state index contributed by atoms with van der Waals surface area (Å²) >= 11 is 0. The first-order valence-electron chi connectivity index (χ1n) is 8.65. The third-order valence-corrected chi connectivity index (χ3v) is 5.63. The van der Waals surface area contributed by atoms with Gasteiger partial charge in [-0.1, -0.05) is 12.2 Å². The Bertz CT molecular complexity index is 574. The number of rotatable bonds is 3. The second-order valence-electron chi connectivity index (χ2n) is 7.25. The molecule has 22 heavy (non-hydrogen) atoms. The van der Waals surface area contributed by atoms with Crippen molar-refractivity contribution in [3.8, 4) is 0 Å². The minimum absolute atomic E-state index is 0.868. The van der Waals surface area contributed by atoms with Crippen LogP contribution in [0.1, 0.15) is 24.2 Å². The average Bonchev–Trinajstić information content (AvgIpc) is 3.13. The van der Waals surface area contributed by atoms with E-state index < -0.39 is 0 Å². The molecule has 0 N–H and O–H groups in total. The molecule has 118 valence electrons. The summed E-state index contributed by atoms with van der Waals surface area (Å²) in [6.07, 6.45) is 9.61. The van der Waals surface area contributed by atoms with Gasteiger partial charge in [0, 0.05) is 38.9 Å². The van der Waals surface area contributed by atoms with Gasteiger partial charge in [0.1, 0.15) is 5.82 Å². The highest BCUT2D eigenvalue weighted by atomic mass is 15.3. The molecule has 3 atom stereocenters. The number of hydrogen-bond donors (Lipinski definition) is 0. The Labute approximate surface area is 133 Å². The maximum Gasteiger partial charge on any atom is 0.150 e. The van der Waals surface area contributed by atoms with Gasteiger partial charge in [-0.25, -0.2) is 4.98 Å². The van der Waals surface area contributed by atoms with Crippen LogP contribution >= 0.6 is 0 Å². The van der Waals surface area contributed by atoms with E-state index in [1.165, 1.54) is 19.4 Å². The van der Waals surface area contributed by atoms with Crippen molar-refractivity contribution in [3.05, 3.63) is 29.7 Å². The van der Waals surface area contributed by atoms with E-state index in [4.69, 9.17) is 4.98 Å². The van der Waals surface area contributed by atoms with Gasteiger partial charge < -0.3 is 4.90 Å². The molecule has 1 aromatic heterocycles. The van der Waals surface area contributed by atoms with Crippen molar-refractivity contribution in [1.82, 2.24) is 14.9 Å². The Hall–Kier alpha value is -1.42. The Morgan fingerprint density at radius 3 is 2.59 bits per heavy atom. The van der Waals surface area contributed by atoms with Crippen LogP contribution in [0, 0.1) is 31.6 Å². The molecule has 2 heterocycles. The van der Waals surface area contributed by atoms with Crippen molar-refractivity contribution in [2.24, 2.45) is 17.8 Å². The molecule has 2 bridgehead atoms. The highest BCUT2D eigenvalue weighted by molar-refractivity contribution is 5.43. The molecule has 1 aliphatic heterocycles. The van der Waals surface area contributed by atoms with Crippen LogP contribution in [0.25, 0.3) is 0 Å². The topological polar surface area (TPSA) is 32.3 Å². The number of hydrogen-bond acceptors (Lipinski definition) is 4. The fraction of sp³-hybridized carbons (Fsp3) is 0.667. The van der Waals surface area contributed by atoms with Gasteiger partial charge in [-0.15, -0.1) is 0 Å². The second kappa shape index (κ2) is 5.65. The number of nitrogens with zero attached hydrogens (tertiary/aromatic N) is 4. The second-order valence-corrected chi connectivity index (χ2v) is 7.25. The summed E-state index contributed by atoms with van der Waals surface area (Å²) in [5.41, 5.74) is 2.06. The SMILES string of the molecule is Cc1cnc(C)c(N2CCN(CC3CC4C=CC3C4)CC2)n1. The zero-order chi connectivity index (χ0) is 15.1. The summed E-state index contributed by atoms with van der Waals surface area (Å²) in [5, 5.41) is 0. The van der Waals surface area contributed by atoms with Gasteiger partial charge in [-0.2, -0.15) is 0 Å². The van der Waals surface area contributed by atoms with Crippen LogP contribution < -0.4 is 4.90 Å². The summed E-state index contributed by atoms with van der Waals surface area (Å²) in [5.74, 6) is 3.75. The third-order valence-electron chi connectivity index (χ3n) is 5.63. The Balaban J connectivity index is 1.34. The summed E-state index contributed by atoms with van der Waals surface area (Å²) in [6.45, 7) is 9.85. The van der Waals surface area contributed by atoms with Gasteiger partial charge in [0.25, 0.3) is 0 Å². The molecule has 0 radical (unpaired) electrons. The average molecular weight is 298 g/mol. The van der Waals surface area contributed by atoms with Crippen molar-refractivity contribution >= 4 is 5.82 Å². The molecule has 4 rings (SSSR count). The first-order chi connectivity index (χ1) is 10.7. The molecule has 0 amide bonds. The zero-order valence-electron chi connectivity index (χ0n) is 13.7. The van der Waals surface area contributed by atoms with Gasteiger partial charge in [-0.3, -0.25) is 9.88 Å². The molecule has 1 aromatic rings. The van der Waals surface area contributed by atoms with E-state index in [1.807, 2.05) is 13.1 Å². The van der Waals surface area contributed by atoms with Crippen LogP contribution in [0.3, 0.4) is 0 Å². The van der Waals surface area contributed by atoms with Crippen LogP contribution in [-0.4, -0.2) is 47.6 Å². The quantitative estimate of drug-likeness (QED) is 0.802. The molecular formula is C18H26N4. The number of anilines is 1. The molecular weight excluding hydrogens is 272 g/mol. The first-order valence-corrected chi connectivity index (χ1v) is 8.65. The van der Waals surface area contributed by atoms with E-state index in [2.05, 4.69) is 33.9 Å². The fourth-order valence-corrected chi connectivity index (χ4v) is 4.40. The molecule has 2 fully saturated rings. The predicted octanol–water partition coefficient (Wildman–Crippen LogP) is 2.43. The maximum absolute atomic E-state index is 4.69. The lowest BCUT2D eigenvalue weighted by Gasteiger charge is -2.37. The Kier molecular flexibility index (Phi) is 3.65. The van der Waals surface area contributed by atoms with E-state index in [0.717, 1.165) is 61.1 Å². The van der Waals surface area contributed by atoms with Crippen molar-refractivity contribution < 1.29 is 0 Å². The molecule has 4 nitrogen and oxygen atoms in total. The highest BCUT2D eigenvalue weighted by Crippen LogP contribution is 2.43. The van der Waals surface area contributed by atoms with Gasteiger partial charge in [-0.05, 0) is 44.4 Å². The molecule has 1 saturated heterocycles. The van der Waals surface area contributed by atoms with Crippen LogP contribution in [0.2, 0.25) is 0 Å². The standard InChI is InChI=1S/C18H26N4/c1-13-11-19-14(2)18(20-13)22-7-5-21(6-8-22)12-17-10-15-3-4-16(17)9-15/h3-4,11,15-17H,5-10,12H2,1-2H3. The summed E-state index contributed by atoms with van der Waals surface area (Å²) in [6, 6.07) is 0.